The highest BCUT2D eigenvalue weighted by atomic mass is 16.4. The van der Waals surface area contributed by atoms with E-state index in [2.05, 4.69) is 17.3 Å². The summed E-state index contributed by atoms with van der Waals surface area (Å²) in [4.78, 5) is 24.9. The maximum Gasteiger partial charge on any atom is 0.309 e. The van der Waals surface area contributed by atoms with Gasteiger partial charge in [-0.1, -0.05) is 6.42 Å². The average Bonchev–Trinajstić information content (AvgIpc) is 2.27. The summed E-state index contributed by atoms with van der Waals surface area (Å²) in [6, 6.07) is 0.385. The number of nitrogens with zero attached hydrogens (tertiary/aromatic N) is 1. The van der Waals surface area contributed by atoms with E-state index in [1.54, 1.807) is 13.8 Å². The fraction of sp³-hybridized carbons (Fsp3) is 0.846. The standard InChI is InChI=1S/C13H24N2O3/c1-13(2,12(17)18)8-11(16)14-9-10-6-4-5-7-15(10)3/h10H,4-9H2,1-3H3,(H,14,16)(H,17,18). The zero-order chi connectivity index (χ0) is 13.8. The Morgan fingerprint density at radius 1 is 1.39 bits per heavy atom. The molecule has 1 fully saturated rings. The second kappa shape index (κ2) is 6.18. The van der Waals surface area contributed by atoms with Crippen LogP contribution in [0.25, 0.3) is 0 Å². The summed E-state index contributed by atoms with van der Waals surface area (Å²) in [5, 5.41) is 11.8. The van der Waals surface area contributed by atoms with E-state index in [9.17, 15) is 9.59 Å². The molecule has 5 nitrogen and oxygen atoms in total. The fourth-order valence-electron chi connectivity index (χ4n) is 2.17. The van der Waals surface area contributed by atoms with Crippen LogP contribution in [0.3, 0.4) is 0 Å². The lowest BCUT2D eigenvalue weighted by atomic mass is 9.89. The van der Waals surface area contributed by atoms with Gasteiger partial charge in [0.1, 0.15) is 0 Å². The number of carbonyl (C=O) groups excluding carboxylic acids is 1. The van der Waals surface area contributed by atoms with Crippen molar-refractivity contribution in [2.45, 2.75) is 45.6 Å². The summed E-state index contributed by atoms with van der Waals surface area (Å²) in [6.45, 7) is 4.83. The Hall–Kier alpha value is -1.10. The summed E-state index contributed by atoms with van der Waals surface area (Å²) in [7, 11) is 2.07. The van der Waals surface area contributed by atoms with Gasteiger partial charge in [0, 0.05) is 19.0 Å². The van der Waals surface area contributed by atoms with Crippen molar-refractivity contribution in [3.8, 4) is 0 Å². The Bertz CT molecular complexity index is 315. The Morgan fingerprint density at radius 2 is 2.06 bits per heavy atom. The number of carboxylic acids is 1. The first-order valence-corrected chi connectivity index (χ1v) is 6.53. The first-order valence-electron chi connectivity index (χ1n) is 6.53. The molecule has 0 spiro atoms. The molecule has 1 unspecified atom stereocenters. The average molecular weight is 256 g/mol. The molecule has 1 saturated heterocycles. The van der Waals surface area contributed by atoms with Crippen molar-refractivity contribution in [3.63, 3.8) is 0 Å². The van der Waals surface area contributed by atoms with E-state index in [0.717, 1.165) is 13.0 Å². The molecule has 0 aromatic heterocycles. The maximum absolute atomic E-state index is 11.7. The Morgan fingerprint density at radius 3 is 2.61 bits per heavy atom. The molecule has 104 valence electrons. The topological polar surface area (TPSA) is 69.6 Å². The van der Waals surface area contributed by atoms with Crippen LogP contribution in [-0.2, 0) is 9.59 Å². The first kappa shape index (κ1) is 15.0. The van der Waals surface area contributed by atoms with Gasteiger partial charge in [0.25, 0.3) is 0 Å². The van der Waals surface area contributed by atoms with Crippen LogP contribution in [0.15, 0.2) is 0 Å². The van der Waals surface area contributed by atoms with Crippen molar-refractivity contribution < 1.29 is 14.7 Å². The molecule has 0 bridgehead atoms. The monoisotopic (exact) mass is 256 g/mol. The van der Waals surface area contributed by atoms with Crippen molar-refractivity contribution in [2.24, 2.45) is 5.41 Å². The summed E-state index contributed by atoms with van der Waals surface area (Å²) < 4.78 is 0. The molecule has 0 radical (unpaired) electrons. The van der Waals surface area contributed by atoms with Gasteiger partial charge in [-0.3, -0.25) is 9.59 Å². The summed E-state index contributed by atoms with van der Waals surface area (Å²) in [6.07, 6.45) is 3.54. The van der Waals surface area contributed by atoms with Gasteiger partial charge in [-0.25, -0.2) is 0 Å². The van der Waals surface area contributed by atoms with Gasteiger partial charge in [0.05, 0.1) is 5.41 Å². The van der Waals surface area contributed by atoms with E-state index >= 15 is 0 Å². The summed E-state index contributed by atoms with van der Waals surface area (Å²) in [5.41, 5.74) is -0.997. The number of carbonyl (C=O) groups is 2. The van der Waals surface area contributed by atoms with Crippen LogP contribution in [-0.4, -0.2) is 48.1 Å². The van der Waals surface area contributed by atoms with Gasteiger partial charge in [-0.2, -0.15) is 0 Å². The Labute approximate surface area is 109 Å². The lowest BCUT2D eigenvalue weighted by Gasteiger charge is -2.32. The van der Waals surface area contributed by atoms with Crippen LogP contribution in [0.2, 0.25) is 0 Å². The number of piperidine rings is 1. The fourth-order valence-corrected chi connectivity index (χ4v) is 2.17. The number of nitrogens with one attached hydrogen (secondary N) is 1. The SMILES string of the molecule is CN1CCCCC1CNC(=O)CC(C)(C)C(=O)O. The van der Waals surface area contributed by atoms with Crippen LogP contribution >= 0.6 is 0 Å². The van der Waals surface area contributed by atoms with E-state index < -0.39 is 11.4 Å². The van der Waals surface area contributed by atoms with E-state index in [1.165, 1.54) is 12.8 Å². The second-order valence-electron chi connectivity index (χ2n) is 5.80. The van der Waals surface area contributed by atoms with Gasteiger partial charge < -0.3 is 15.3 Å². The Balaban J connectivity index is 2.35. The van der Waals surface area contributed by atoms with E-state index in [-0.39, 0.29) is 12.3 Å². The third-order valence-corrected chi connectivity index (χ3v) is 3.64. The normalized spacial score (nSPS) is 21.6. The minimum atomic E-state index is -0.997. The summed E-state index contributed by atoms with van der Waals surface area (Å²) >= 11 is 0. The molecular formula is C13H24N2O3. The predicted molar refractivity (Wildman–Crippen MR) is 69.3 cm³/mol. The number of likely N-dealkylation sites (tertiary alicyclic amines) is 1. The molecule has 1 aliphatic rings. The molecule has 0 aliphatic carbocycles. The number of carboxylic acid groups (broad SMARTS) is 1. The number of hydrogen-bond acceptors (Lipinski definition) is 3. The van der Waals surface area contributed by atoms with Crippen LogP contribution < -0.4 is 5.32 Å². The van der Waals surface area contributed by atoms with Crippen LogP contribution in [0.5, 0.6) is 0 Å². The quantitative estimate of drug-likeness (QED) is 0.772. The molecule has 2 N–H and O–H groups in total. The molecule has 0 aromatic rings. The highest BCUT2D eigenvalue weighted by Gasteiger charge is 2.30. The Kier molecular flexibility index (Phi) is 5.14. The van der Waals surface area contributed by atoms with Crippen molar-refractivity contribution in [3.05, 3.63) is 0 Å². The van der Waals surface area contributed by atoms with E-state index in [1.807, 2.05) is 0 Å². The molecular weight excluding hydrogens is 232 g/mol. The van der Waals surface area contributed by atoms with Gasteiger partial charge in [0.15, 0.2) is 0 Å². The van der Waals surface area contributed by atoms with E-state index in [4.69, 9.17) is 5.11 Å². The van der Waals surface area contributed by atoms with Crippen LogP contribution in [0.1, 0.15) is 39.5 Å². The number of likely N-dealkylation sites (N-methyl/N-ethyl adjacent to an activating group) is 1. The number of hydrogen-bond donors (Lipinski definition) is 2. The highest BCUT2D eigenvalue weighted by Crippen LogP contribution is 2.20. The van der Waals surface area contributed by atoms with Gasteiger partial charge in [-0.05, 0) is 40.3 Å². The van der Waals surface area contributed by atoms with Gasteiger partial charge in [-0.15, -0.1) is 0 Å². The minimum Gasteiger partial charge on any atom is -0.481 e. The molecule has 0 saturated carbocycles. The molecule has 0 aromatic carbocycles. The van der Waals surface area contributed by atoms with Gasteiger partial charge in [0.2, 0.25) is 5.91 Å². The predicted octanol–water partition coefficient (Wildman–Crippen LogP) is 1.09. The molecule has 18 heavy (non-hydrogen) atoms. The van der Waals surface area contributed by atoms with Crippen LogP contribution in [0, 0.1) is 5.41 Å². The number of rotatable bonds is 5. The highest BCUT2D eigenvalue weighted by molar-refractivity contribution is 5.84. The second-order valence-corrected chi connectivity index (χ2v) is 5.80. The van der Waals surface area contributed by atoms with Crippen molar-refractivity contribution in [1.82, 2.24) is 10.2 Å². The molecule has 1 rings (SSSR count). The number of amides is 1. The molecule has 1 aliphatic heterocycles. The molecule has 1 amide bonds. The first-order chi connectivity index (χ1) is 8.33. The maximum atomic E-state index is 11.7. The number of aliphatic carboxylic acids is 1. The van der Waals surface area contributed by atoms with Crippen LogP contribution in [0.4, 0.5) is 0 Å². The van der Waals surface area contributed by atoms with Crippen molar-refractivity contribution >= 4 is 11.9 Å². The van der Waals surface area contributed by atoms with E-state index in [0.29, 0.717) is 12.6 Å². The smallest absolute Gasteiger partial charge is 0.309 e. The third-order valence-electron chi connectivity index (χ3n) is 3.64. The molecule has 1 atom stereocenters. The lowest BCUT2D eigenvalue weighted by molar-refractivity contribution is -0.149. The minimum absolute atomic E-state index is 0.0266. The van der Waals surface area contributed by atoms with Crippen molar-refractivity contribution in [1.29, 1.82) is 0 Å². The zero-order valence-corrected chi connectivity index (χ0v) is 11.5. The largest absolute Gasteiger partial charge is 0.481 e. The van der Waals surface area contributed by atoms with Gasteiger partial charge >= 0.3 is 5.97 Å². The third kappa shape index (κ3) is 4.29. The molecule has 5 heteroatoms. The zero-order valence-electron chi connectivity index (χ0n) is 11.5. The molecule has 1 heterocycles. The van der Waals surface area contributed by atoms with Crippen molar-refractivity contribution in [2.75, 3.05) is 20.1 Å². The lowest BCUT2D eigenvalue weighted by Crippen LogP contribution is -2.45. The summed E-state index contributed by atoms with van der Waals surface area (Å²) in [5.74, 6) is -1.12.